The van der Waals surface area contributed by atoms with Gasteiger partial charge in [0.1, 0.15) is 5.82 Å². The molecule has 78 valence electrons. The second kappa shape index (κ2) is 3.26. The van der Waals surface area contributed by atoms with Gasteiger partial charge in [0.15, 0.2) is 0 Å². The number of rotatable bonds is 2. The van der Waals surface area contributed by atoms with E-state index in [1.54, 1.807) is 0 Å². The van der Waals surface area contributed by atoms with Gasteiger partial charge in [-0.25, -0.2) is 4.39 Å². The van der Waals surface area contributed by atoms with E-state index in [0.29, 0.717) is 0 Å². The first-order chi connectivity index (χ1) is 6.25. The molecule has 0 aliphatic rings. The summed E-state index contributed by atoms with van der Waals surface area (Å²) in [7, 11) is 0. The van der Waals surface area contributed by atoms with Gasteiger partial charge in [0.05, 0.1) is 0 Å². The Morgan fingerprint density at radius 1 is 0.857 bits per heavy atom. The first-order valence-electron chi connectivity index (χ1n) is 3.63. The van der Waals surface area contributed by atoms with Gasteiger partial charge in [-0.2, -0.15) is 0 Å². The van der Waals surface area contributed by atoms with Crippen LogP contribution in [0.5, 0.6) is 0 Å². The van der Waals surface area contributed by atoms with Gasteiger partial charge in [-0.05, 0) is 12.1 Å². The average molecular weight is 204 g/mol. The molecule has 0 bridgehead atoms. The maximum Gasteiger partial charge on any atom is 0.337 e. The van der Waals surface area contributed by atoms with E-state index in [1.165, 1.54) is 0 Å². The molecule has 0 unspecified atom stereocenters. The number of aliphatic hydroxyl groups is 5. The van der Waals surface area contributed by atoms with Crippen LogP contribution in [0.1, 0.15) is 5.56 Å². The molecule has 0 aliphatic heterocycles. The maximum absolute atomic E-state index is 12.4. The van der Waals surface area contributed by atoms with E-state index in [9.17, 15) is 4.39 Å². The first kappa shape index (κ1) is 11.0. The monoisotopic (exact) mass is 204 g/mol. The van der Waals surface area contributed by atoms with E-state index in [1.807, 2.05) is 0 Å². The molecule has 0 spiro atoms. The van der Waals surface area contributed by atoms with E-state index in [0.717, 1.165) is 24.3 Å². The normalized spacial score (nSPS) is 13.0. The number of hydrogen-bond donors (Lipinski definition) is 5. The highest BCUT2D eigenvalue weighted by atomic mass is 19.1. The Morgan fingerprint density at radius 2 is 1.29 bits per heavy atom. The summed E-state index contributed by atoms with van der Waals surface area (Å²) in [6, 6.07) is 3.55. The van der Waals surface area contributed by atoms with Crippen molar-refractivity contribution in [2.75, 3.05) is 0 Å². The Morgan fingerprint density at radius 3 is 1.64 bits per heavy atom. The molecule has 1 aromatic carbocycles. The molecule has 6 heteroatoms. The van der Waals surface area contributed by atoms with Crippen molar-refractivity contribution in [3.63, 3.8) is 0 Å². The van der Waals surface area contributed by atoms with Crippen LogP contribution < -0.4 is 0 Å². The lowest BCUT2D eigenvalue weighted by Crippen LogP contribution is -2.51. The van der Waals surface area contributed by atoms with Crippen LogP contribution in [0.4, 0.5) is 4.39 Å². The van der Waals surface area contributed by atoms with Gasteiger partial charge < -0.3 is 25.5 Å². The Labute approximate surface area is 78.3 Å². The predicted molar refractivity (Wildman–Crippen MR) is 41.9 cm³/mol. The second-order valence-corrected chi connectivity index (χ2v) is 2.81. The Hall–Kier alpha value is -1.05. The zero-order valence-corrected chi connectivity index (χ0v) is 6.92. The van der Waals surface area contributed by atoms with Crippen LogP contribution in [0.25, 0.3) is 0 Å². The summed E-state index contributed by atoms with van der Waals surface area (Å²) >= 11 is 0. The molecule has 0 saturated carbocycles. The number of benzene rings is 1. The van der Waals surface area contributed by atoms with E-state index in [2.05, 4.69) is 0 Å². The molecular weight excluding hydrogens is 195 g/mol. The molecule has 5 N–H and O–H groups in total. The van der Waals surface area contributed by atoms with E-state index in [4.69, 9.17) is 25.5 Å². The minimum Gasteiger partial charge on any atom is -0.356 e. The van der Waals surface area contributed by atoms with Gasteiger partial charge in [0.2, 0.25) is 0 Å². The van der Waals surface area contributed by atoms with Crippen LogP contribution in [-0.2, 0) is 5.79 Å². The molecule has 1 aromatic rings. The molecule has 5 nitrogen and oxygen atoms in total. The molecule has 0 saturated heterocycles. The fourth-order valence-corrected chi connectivity index (χ4v) is 0.876. The van der Waals surface area contributed by atoms with Crippen LogP contribution >= 0.6 is 0 Å². The number of halogens is 1. The van der Waals surface area contributed by atoms with Crippen LogP contribution in [0.2, 0.25) is 0 Å². The summed E-state index contributed by atoms with van der Waals surface area (Å²) in [5, 5.41) is 43.9. The molecule has 0 amide bonds. The van der Waals surface area contributed by atoms with E-state index in [-0.39, 0.29) is 0 Å². The summed E-state index contributed by atoms with van der Waals surface area (Å²) in [6.45, 7) is 0. The zero-order chi connectivity index (χ0) is 11.0. The average Bonchev–Trinajstić information content (AvgIpc) is 2.03. The third-order valence-electron chi connectivity index (χ3n) is 1.71. The molecule has 0 atom stereocenters. The standard InChI is InChI=1S/C8H9FO5/c9-6-3-1-5(2-4-6)7(10,11)8(12,13)14/h1-4,10-14H. The largest absolute Gasteiger partial charge is 0.356 e. The Kier molecular flexibility index (Phi) is 2.57. The first-order valence-corrected chi connectivity index (χ1v) is 3.63. The summed E-state index contributed by atoms with van der Waals surface area (Å²) in [5.74, 6) is -7.63. The lowest BCUT2D eigenvalue weighted by Gasteiger charge is -2.29. The Bertz CT molecular complexity index is 313. The van der Waals surface area contributed by atoms with Gasteiger partial charge in [0.25, 0.3) is 5.79 Å². The highest BCUT2D eigenvalue weighted by molar-refractivity contribution is 5.21. The fraction of sp³-hybridized carbons (Fsp3) is 0.250. The molecular formula is C8H9FO5. The molecule has 1 rings (SSSR count). The summed E-state index contributed by atoms with van der Waals surface area (Å²) in [5.41, 5.74) is -0.452. The van der Waals surface area contributed by atoms with Gasteiger partial charge in [-0.1, -0.05) is 12.1 Å². The van der Waals surface area contributed by atoms with Crippen molar-refractivity contribution in [2.45, 2.75) is 11.8 Å². The van der Waals surface area contributed by atoms with Crippen LogP contribution in [0, 0.1) is 5.82 Å². The second-order valence-electron chi connectivity index (χ2n) is 2.81. The van der Waals surface area contributed by atoms with Gasteiger partial charge in [0, 0.05) is 5.56 Å². The highest BCUT2D eigenvalue weighted by Crippen LogP contribution is 2.26. The van der Waals surface area contributed by atoms with Crippen molar-refractivity contribution >= 4 is 0 Å². The van der Waals surface area contributed by atoms with Gasteiger partial charge in [-0.15, -0.1) is 0 Å². The summed E-state index contributed by atoms with van der Waals surface area (Å²) in [4.78, 5) is 0. The van der Waals surface area contributed by atoms with Crippen molar-refractivity contribution < 1.29 is 29.9 Å². The third-order valence-corrected chi connectivity index (χ3v) is 1.71. The zero-order valence-electron chi connectivity index (χ0n) is 6.92. The molecule has 14 heavy (non-hydrogen) atoms. The van der Waals surface area contributed by atoms with E-state index < -0.39 is 23.1 Å². The third kappa shape index (κ3) is 1.89. The SMILES string of the molecule is OC(O)(O)C(O)(O)c1ccc(F)cc1. The van der Waals surface area contributed by atoms with Crippen molar-refractivity contribution in [1.82, 2.24) is 0 Å². The lowest BCUT2D eigenvalue weighted by atomic mass is 10.0. The van der Waals surface area contributed by atoms with Crippen molar-refractivity contribution in [2.24, 2.45) is 0 Å². The molecule has 0 heterocycles. The lowest BCUT2D eigenvalue weighted by molar-refractivity contribution is -0.454. The van der Waals surface area contributed by atoms with Crippen LogP contribution in [0.3, 0.4) is 0 Å². The van der Waals surface area contributed by atoms with E-state index >= 15 is 0 Å². The number of hydrogen-bond acceptors (Lipinski definition) is 5. The topological polar surface area (TPSA) is 101 Å². The molecule has 0 radical (unpaired) electrons. The van der Waals surface area contributed by atoms with Gasteiger partial charge >= 0.3 is 5.97 Å². The summed E-state index contributed by atoms with van der Waals surface area (Å²) < 4.78 is 12.4. The highest BCUT2D eigenvalue weighted by Gasteiger charge is 2.47. The minimum absolute atomic E-state index is 0.452. The van der Waals surface area contributed by atoms with Crippen LogP contribution in [0.15, 0.2) is 24.3 Å². The molecule has 0 fully saturated rings. The Balaban J connectivity index is 3.10. The fourth-order valence-electron chi connectivity index (χ4n) is 0.876. The smallest absolute Gasteiger partial charge is 0.337 e. The van der Waals surface area contributed by atoms with Crippen molar-refractivity contribution in [3.05, 3.63) is 35.6 Å². The van der Waals surface area contributed by atoms with Crippen LogP contribution in [-0.4, -0.2) is 31.5 Å². The minimum atomic E-state index is -3.72. The maximum atomic E-state index is 12.4. The quantitative estimate of drug-likeness (QED) is 0.381. The van der Waals surface area contributed by atoms with Gasteiger partial charge in [-0.3, -0.25) is 0 Å². The summed E-state index contributed by atoms with van der Waals surface area (Å²) in [6.07, 6.45) is 0. The predicted octanol–water partition coefficient (Wildman–Crippen LogP) is -1.41. The molecule has 0 aromatic heterocycles. The van der Waals surface area contributed by atoms with Crippen molar-refractivity contribution in [1.29, 1.82) is 0 Å². The molecule has 0 aliphatic carbocycles. The van der Waals surface area contributed by atoms with Crippen molar-refractivity contribution in [3.8, 4) is 0 Å².